The van der Waals surface area contributed by atoms with Gasteiger partial charge < -0.3 is 9.84 Å². The van der Waals surface area contributed by atoms with E-state index in [1.165, 1.54) is 4.68 Å². The van der Waals surface area contributed by atoms with Crippen LogP contribution in [0.3, 0.4) is 0 Å². The molecule has 21 heavy (non-hydrogen) atoms. The number of carboxylic acid groups (broad SMARTS) is 1. The molecule has 1 aromatic heterocycles. The van der Waals surface area contributed by atoms with Gasteiger partial charge in [-0.05, 0) is 0 Å². The van der Waals surface area contributed by atoms with Crippen molar-refractivity contribution in [3.05, 3.63) is 11.4 Å². The molecule has 1 aliphatic rings. The molecule has 0 bridgehead atoms. The van der Waals surface area contributed by atoms with Crippen molar-refractivity contribution in [1.82, 2.24) is 19.9 Å². The number of imide groups is 1. The van der Waals surface area contributed by atoms with Crippen molar-refractivity contribution < 1.29 is 24.2 Å². The lowest BCUT2D eigenvalue weighted by atomic mass is 9.90. The predicted molar refractivity (Wildman–Crippen MR) is 68.7 cm³/mol. The third kappa shape index (κ3) is 2.86. The Labute approximate surface area is 120 Å². The van der Waals surface area contributed by atoms with Crippen molar-refractivity contribution in [1.29, 1.82) is 0 Å². The van der Waals surface area contributed by atoms with E-state index in [9.17, 15) is 14.4 Å². The molecular weight excluding hydrogens is 280 g/mol. The van der Waals surface area contributed by atoms with Gasteiger partial charge in [-0.25, -0.2) is 19.2 Å². The maximum absolute atomic E-state index is 12.1. The van der Waals surface area contributed by atoms with Gasteiger partial charge in [0.1, 0.15) is 13.2 Å². The van der Waals surface area contributed by atoms with E-state index in [4.69, 9.17) is 9.84 Å². The molecular formula is C12H16N4O5. The number of hydrogen-bond donors (Lipinski definition) is 1. The van der Waals surface area contributed by atoms with E-state index in [2.05, 4.69) is 10.3 Å². The second-order valence-electron chi connectivity index (χ2n) is 5.66. The van der Waals surface area contributed by atoms with Gasteiger partial charge in [-0.1, -0.05) is 26.0 Å². The summed E-state index contributed by atoms with van der Waals surface area (Å²) >= 11 is 0. The summed E-state index contributed by atoms with van der Waals surface area (Å²) < 4.78 is 5.91. The summed E-state index contributed by atoms with van der Waals surface area (Å²) in [5, 5.41) is 16.5. The maximum Gasteiger partial charge on any atom is 0.416 e. The average Bonchev–Trinajstić information content (AvgIpc) is 2.94. The summed E-state index contributed by atoms with van der Waals surface area (Å²) in [6, 6.07) is 0. The Kier molecular flexibility index (Phi) is 3.67. The zero-order valence-electron chi connectivity index (χ0n) is 12.0. The molecule has 1 N–H and O–H groups in total. The molecule has 0 radical (unpaired) electrons. The first kappa shape index (κ1) is 14.9. The fourth-order valence-corrected chi connectivity index (χ4v) is 2.14. The van der Waals surface area contributed by atoms with Crippen LogP contribution in [0.1, 0.15) is 37.0 Å². The van der Waals surface area contributed by atoms with Gasteiger partial charge in [0.25, 0.3) is 5.91 Å². The van der Waals surface area contributed by atoms with Gasteiger partial charge >= 0.3 is 12.1 Å². The number of carboxylic acids is 1. The minimum Gasteiger partial charge on any atom is -0.476 e. The molecule has 2 amide bonds. The third-order valence-corrected chi connectivity index (χ3v) is 2.99. The van der Waals surface area contributed by atoms with E-state index in [0.717, 1.165) is 4.90 Å². The number of carbonyl (C=O) groups is 3. The van der Waals surface area contributed by atoms with Gasteiger partial charge in [0.15, 0.2) is 5.69 Å². The van der Waals surface area contributed by atoms with E-state index in [-0.39, 0.29) is 25.4 Å². The van der Waals surface area contributed by atoms with Crippen LogP contribution in [-0.2, 0) is 21.5 Å². The van der Waals surface area contributed by atoms with E-state index in [1.54, 1.807) is 20.8 Å². The summed E-state index contributed by atoms with van der Waals surface area (Å²) in [4.78, 5) is 35.6. The molecule has 0 aliphatic carbocycles. The normalized spacial score (nSPS) is 15.2. The van der Waals surface area contributed by atoms with E-state index >= 15 is 0 Å². The minimum absolute atomic E-state index is 0.161. The number of aromatic nitrogens is 3. The van der Waals surface area contributed by atoms with Gasteiger partial charge in [-0.15, -0.1) is 5.10 Å². The summed E-state index contributed by atoms with van der Waals surface area (Å²) in [6.07, 6.45) is -0.698. The number of nitrogens with zero attached hydrogens (tertiary/aromatic N) is 4. The van der Waals surface area contributed by atoms with Crippen molar-refractivity contribution in [2.75, 3.05) is 13.2 Å². The third-order valence-electron chi connectivity index (χ3n) is 2.99. The molecule has 0 saturated carbocycles. The zero-order valence-corrected chi connectivity index (χ0v) is 12.0. The fraction of sp³-hybridized carbons (Fsp3) is 0.583. The first-order chi connectivity index (χ1) is 9.71. The van der Waals surface area contributed by atoms with Crippen molar-refractivity contribution in [2.45, 2.75) is 32.7 Å². The number of cyclic esters (lactones) is 1. The largest absolute Gasteiger partial charge is 0.476 e. The molecule has 2 rings (SSSR count). The lowest BCUT2D eigenvalue weighted by Crippen LogP contribution is -2.36. The van der Waals surface area contributed by atoms with Gasteiger partial charge in [0.2, 0.25) is 0 Å². The van der Waals surface area contributed by atoms with Crippen molar-refractivity contribution in [3.8, 4) is 0 Å². The van der Waals surface area contributed by atoms with Crippen LogP contribution in [0.15, 0.2) is 0 Å². The highest BCUT2D eigenvalue weighted by atomic mass is 16.6. The summed E-state index contributed by atoms with van der Waals surface area (Å²) in [5.41, 5.74) is -0.432. The first-order valence-corrected chi connectivity index (χ1v) is 6.36. The van der Waals surface area contributed by atoms with E-state index in [0.29, 0.717) is 5.69 Å². The maximum atomic E-state index is 12.1. The Balaban J connectivity index is 2.30. The monoisotopic (exact) mass is 296 g/mol. The van der Waals surface area contributed by atoms with Gasteiger partial charge in [0.05, 0.1) is 12.2 Å². The Morgan fingerprint density at radius 1 is 1.38 bits per heavy atom. The lowest BCUT2D eigenvalue weighted by molar-refractivity contribution is -0.128. The van der Waals surface area contributed by atoms with Crippen LogP contribution in [0.4, 0.5) is 4.79 Å². The van der Waals surface area contributed by atoms with Gasteiger partial charge in [-0.2, -0.15) is 0 Å². The highest BCUT2D eigenvalue weighted by molar-refractivity contribution is 5.93. The van der Waals surface area contributed by atoms with Crippen LogP contribution in [0, 0.1) is 0 Å². The van der Waals surface area contributed by atoms with Crippen molar-refractivity contribution in [3.63, 3.8) is 0 Å². The van der Waals surface area contributed by atoms with Crippen LogP contribution in [0.25, 0.3) is 0 Å². The molecule has 0 atom stereocenters. The van der Waals surface area contributed by atoms with Crippen LogP contribution in [0.2, 0.25) is 0 Å². The summed E-state index contributed by atoms with van der Waals surface area (Å²) in [6.45, 7) is 5.47. The highest BCUT2D eigenvalue weighted by Gasteiger charge is 2.33. The fourth-order valence-electron chi connectivity index (χ4n) is 2.14. The van der Waals surface area contributed by atoms with Gasteiger partial charge in [0, 0.05) is 5.41 Å². The molecule has 9 heteroatoms. The molecule has 2 heterocycles. The molecule has 1 aliphatic heterocycles. The number of aromatic carboxylic acids is 1. The standard InChI is InChI=1S/C12H16N4O5/c1-12(2,3)9-8(10(18)19)13-14-16(9)6-7(17)15-4-5-21-11(15)20/h4-6H2,1-3H3,(H,18,19). The SMILES string of the molecule is CC(C)(C)c1c(C(=O)O)nnn1CC(=O)N1CCOC1=O. The Hall–Kier alpha value is -2.45. The van der Waals surface area contributed by atoms with Crippen LogP contribution in [-0.4, -0.2) is 56.1 Å². The second kappa shape index (κ2) is 5.15. The summed E-state index contributed by atoms with van der Waals surface area (Å²) in [7, 11) is 0. The molecule has 9 nitrogen and oxygen atoms in total. The van der Waals surface area contributed by atoms with Gasteiger partial charge in [-0.3, -0.25) is 4.79 Å². The summed E-state index contributed by atoms with van der Waals surface area (Å²) in [5.74, 6) is -1.72. The Morgan fingerprint density at radius 3 is 2.52 bits per heavy atom. The highest BCUT2D eigenvalue weighted by Crippen LogP contribution is 2.24. The van der Waals surface area contributed by atoms with Crippen LogP contribution < -0.4 is 0 Å². The van der Waals surface area contributed by atoms with Crippen molar-refractivity contribution in [2.24, 2.45) is 0 Å². The number of rotatable bonds is 3. The van der Waals surface area contributed by atoms with E-state index < -0.39 is 23.4 Å². The Bertz CT molecular complexity index is 601. The molecule has 1 saturated heterocycles. The first-order valence-electron chi connectivity index (χ1n) is 6.36. The lowest BCUT2D eigenvalue weighted by Gasteiger charge is -2.20. The number of carbonyl (C=O) groups excluding carboxylic acids is 2. The molecule has 1 fully saturated rings. The molecule has 0 spiro atoms. The molecule has 0 unspecified atom stereocenters. The quantitative estimate of drug-likeness (QED) is 0.850. The van der Waals surface area contributed by atoms with Crippen LogP contribution in [0.5, 0.6) is 0 Å². The number of hydrogen-bond acceptors (Lipinski definition) is 6. The zero-order chi connectivity index (χ0) is 15.8. The van der Waals surface area contributed by atoms with Crippen molar-refractivity contribution >= 4 is 18.0 Å². The second-order valence-corrected chi connectivity index (χ2v) is 5.66. The smallest absolute Gasteiger partial charge is 0.416 e. The van der Waals surface area contributed by atoms with E-state index in [1.807, 2.05) is 0 Å². The Morgan fingerprint density at radius 2 is 2.05 bits per heavy atom. The van der Waals surface area contributed by atoms with Crippen LogP contribution >= 0.6 is 0 Å². The average molecular weight is 296 g/mol. The molecule has 0 aromatic carbocycles. The number of amides is 2. The predicted octanol–water partition coefficient (Wildman–Crippen LogP) is 0.253. The topological polar surface area (TPSA) is 115 Å². The molecule has 114 valence electrons. The number of ether oxygens (including phenoxy) is 1. The molecule has 1 aromatic rings. The minimum atomic E-state index is -1.21.